The number of piperazine rings is 1. The van der Waals surface area contributed by atoms with Crippen LogP contribution >= 0.6 is 24.0 Å². The van der Waals surface area contributed by atoms with Gasteiger partial charge in [0.15, 0.2) is 0 Å². The summed E-state index contributed by atoms with van der Waals surface area (Å²) in [6, 6.07) is 4.68. The van der Waals surface area contributed by atoms with E-state index in [-0.39, 0.29) is 23.5 Å². The Morgan fingerprint density at radius 3 is 2.58 bits per heavy atom. The summed E-state index contributed by atoms with van der Waals surface area (Å²) in [6.45, 7) is 3.08. The Bertz CT molecular complexity index is 398. The average Bonchev–Trinajstić information content (AvgIpc) is 2.40. The topological polar surface area (TPSA) is 15.3 Å². The van der Waals surface area contributed by atoms with Crippen molar-refractivity contribution < 1.29 is 8.78 Å². The molecule has 0 radical (unpaired) electrons. The van der Waals surface area contributed by atoms with Crippen LogP contribution in [0.4, 0.5) is 8.78 Å². The molecule has 1 aromatic carbocycles. The number of nitrogens with zero attached hydrogens (tertiary/aromatic N) is 1. The lowest BCUT2D eigenvalue weighted by atomic mass is 10.0. The summed E-state index contributed by atoms with van der Waals surface area (Å²) in [5.74, 6) is -0.437. The Morgan fingerprint density at radius 1 is 1.32 bits per heavy atom. The van der Waals surface area contributed by atoms with Gasteiger partial charge in [-0.2, -0.15) is 0 Å². The zero-order valence-electron chi connectivity index (χ0n) is 10.5. The molecule has 1 atom stereocenters. The quantitative estimate of drug-likeness (QED) is 0.918. The first-order valence-corrected chi connectivity index (χ1v) is 6.56. The molecule has 0 bridgehead atoms. The van der Waals surface area contributed by atoms with Crippen molar-refractivity contribution in [1.29, 1.82) is 0 Å². The van der Waals surface area contributed by atoms with Crippen LogP contribution in [0.2, 0.25) is 5.02 Å². The van der Waals surface area contributed by atoms with Gasteiger partial charge in [0.05, 0.1) is 11.7 Å². The zero-order valence-corrected chi connectivity index (χ0v) is 12.1. The van der Waals surface area contributed by atoms with Crippen LogP contribution in [-0.2, 0) is 0 Å². The molecule has 6 heteroatoms. The summed E-state index contributed by atoms with van der Waals surface area (Å²) in [6.07, 6.45) is 0.390. The molecule has 1 saturated heterocycles. The minimum Gasteiger partial charge on any atom is -0.314 e. The normalized spacial score (nSPS) is 17.8. The molecule has 1 aliphatic rings. The van der Waals surface area contributed by atoms with E-state index in [1.165, 1.54) is 6.07 Å². The van der Waals surface area contributed by atoms with Crippen LogP contribution in [0.25, 0.3) is 0 Å². The third-order valence-electron chi connectivity index (χ3n) is 3.30. The van der Waals surface area contributed by atoms with E-state index >= 15 is 0 Å². The second-order valence-corrected chi connectivity index (χ2v) is 4.86. The van der Waals surface area contributed by atoms with E-state index in [2.05, 4.69) is 10.2 Å². The Kier molecular flexibility index (Phi) is 7.00. The fraction of sp³-hybridized carbons (Fsp3) is 0.538. The van der Waals surface area contributed by atoms with Crippen LogP contribution in [0.1, 0.15) is 18.0 Å². The smallest absolute Gasteiger partial charge is 0.142 e. The van der Waals surface area contributed by atoms with Crippen molar-refractivity contribution in [2.45, 2.75) is 12.5 Å². The van der Waals surface area contributed by atoms with Gasteiger partial charge in [-0.1, -0.05) is 17.7 Å². The molecule has 108 valence electrons. The maximum atomic E-state index is 13.5. The highest BCUT2D eigenvalue weighted by Crippen LogP contribution is 2.27. The first kappa shape index (κ1) is 16.6. The van der Waals surface area contributed by atoms with E-state index < -0.39 is 12.5 Å². The van der Waals surface area contributed by atoms with Crippen LogP contribution in [-0.4, -0.2) is 37.8 Å². The van der Waals surface area contributed by atoms with Crippen LogP contribution in [0.5, 0.6) is 0 Å². The molecule has 0 spiro atoms. The highest BCUT2D eigenvalue weighted by molar-refractivity contribution is 6.30. The summed E-state index contributed by atoms with van der Waals surface area (Å²) in [4.78, 5) is 2.19. The van der Waals surface area contributed by atoms with Gasteiger partial charge < -0.3 is 5.32 Å². The molecule has 0 aliphatic carbocycles. The average molecular weight is 311 g/mol. The Balaban J connectivity index is 0.00000180. The van der Waals surface area contributed by atoms with Gasteiger partial charge in [-0.3, -0.25) is 9.29 Å². The maximum absolute atomic E-state index is 13.5. The number of halogens is 4. The first-order chi connectivity index (χ1) is 8.72. The lowest BCUT2D eigenvalue weighted by Gasteiger charge is -2.35. The molecule has 0 saturated carbocycles. The van der Waals surface area contributed by atoms with Gasteiger partial charge in [0, 0.05) is 32.2 Å². The fourth-order valence-electron chi connectivity index (χ4n) is 2.38. The molecule has 19 heavy (non-hydrogen) atoms. The van der Waals surface area contributed by atoms with Crippen LogP contribution < -0.4 is 5.32 Å². The SMILES string of the molecule is Cl.FCC[C@H](c1ccc(Cl)c(F)c1)N1CCNCC1. The predicted octanol–water partition coefficient (Wildman–Crippen LogP) is 3.21. The number of rotatable bonds is 4. The van der Waals surface area contributed by atoms with Crippen molar-refractivity contribution in [3.63, 3.8) is 0 Å². The van der Waals surface area contributed by atoms with Crippen molar-refractivity contribution >= 4 is 24.0 Å². The minimum absolute atomic E-state index is 0. The van der Waals surface area contributed by atoms with Crippen molar-refractivity contribution in [2.24, 2.45) is 0 Å². The summed E-state index contributed by atoms with van der Waals surface area (Å²) < 4.78 is 26.2. The van der Waals surface area contributed by atoms with Gasteiger partial charge in [-0.05, 0) is 24.1 Å². The van der Waals surface area contributed by atoms with E-state index in [0.29, 0.717) is 6.42 Å². The van der Waals surface area contributed by atoms with E-state index in [1.807, 2.05) is 0 Å². The third-order valence-corrected chi connectivity index (χ3v) is 3.61. The molecule has 1 N–H and O–H groups in total. The molecule has 1 heterocycles. The van der Waals surface area contributed by atoms with Gasteiger partial charge in [0.25, 0.3) is 0 Å². The predicted molar refractivity (Wildman–Crippen MR) is 76.4 cm³/mol. The summed E-state index contributed by atoms with van der Waals surface area (Å²) in [7, 11) is 0. The second-order valence-electron chi connectivity index (χ2n) is 4.45. The number of benzene rings is 1. The maximum Gasteiger partial charge on any atom is 0.142 e. The number of hydrogen-bond acceptors (Lipinski definition) is 2. The van der Waals surface area contributed by atoms with Crippen molar-refractivity contribution in [3.05, 3.63) is 34.6 Å². The zero-order chi connectivity index (χ0) is 13.0. The highest BCUT2D eigenvalue weighted by Gasteiger charge is 2.22. The lowest BCUT2D eigenvalue weighted by Crippen LogP contribution is -2.45. The van der Waals surface area contributed by atoms with Crippen molar-refractivity contribution in [3.8, 4) is 0 Å². The van der Waals surface area contributed by atoms with E-state index in [9.17, 15) is 8.78 Å². The highest BCUT2D eigenvalue weighted by atomic mass is 35.5. The molecule has 0 aromatic heterocycles. The van der Waals surface area contributed by atoms with Crippen molar-refractivity contribution in [1.82, 2.24) is 10.2 Å². The number of nitrogens with one attached hydrogen (secondary N) is 1. The molecular weight excluding hydrogens is 293 g/mol. The van der Waals surface area contributed by atoms with Gasteiger partial charge in [0.1, 0.15) is 5.82 Å². The van der Waals surface area contributed by atoms with E-state index in [0.717, 1.165) is 31.7 Å². The van der Waals surface area contributed by atoms with E-state index in [4.69, 9.17) is 11.6 Å². The second kappa shape index (κ2) is 8.00. The molecular formula is C13H18Cl2F2N2. The summed E-state index contributed by atoms with van der Waals surface area (Å²) in [5, 5.41) is 3.36. The standard InChI is InChI=1S/C13H17ClF2N2.ClH/c14-11-2-1-10(9-12(11)16)13(3-4-15)18-7-5-17-6-8-18;/h1-2,9,13,17H,3-8H2;1H/t13-;/m1./s1. The molecule has 1 fully saturated rings. The minimum atomic E-state index is -0.437. The summed E-state index contributed by atoms with van der Waals surface area (Å²) >= 11 is 5.68. The van der Waals surface area contributed by atoms with Gasteiger partial charge >= 0.3 is 0 Å². The first-order valence-electron chi connectivity index (χ1n) is 6.18. The Morgan fingerprint density at radius 2 is 2.00 bits per heavy atom. The Hall–Kier alpha value is -0.420. The van der Waals surface area contributed by atoms with Gasteiger partial charge in [0.2, 0.25) is 0 Å². The molecule has 1 aromatic rings. The van der Waals surface area contributed by atoms with Gasteiger partial charge in [-0.15, -0.1) is 12.4 Å². The summed E-state index contributed by atoms with van der Waals surface area (Å²) in [5.41, 5.74) is 0.802. The van der Waals surface area contributed by atoms with E-state index in [1.54, 1.807) is 12.1 Å². The number of hydrogen-bond donors (Lipinski definition) is 1. The van der Waals surface area contributed by atoms with Crippen molar-refractivity contribution in [2.75, 3.05) is 32.9 Å². The lowest BCUT2D eigenvalue weighted by molar-refractivity contribution is 0.157. The molecule has 0 amide bonds. The third kappa shape index (κ3) is 4.28. The molecule has 1 aliphatic heterocycles. The Labute approximate surface area is 123 Å². The molecule has 2 nitrogen and oxygen atoms in total. The largest absolute Gasteiger partial charge is 0.314 e. The van der Waals surface area contributed by atoms with Crippen LogP contribution in [0, 0.1) is 5.82 Å². The molecule has 2 rings (SSSR count). The van der Waals surface area contributed by atoms with Crippen LogP contribution in [0.3, 0.4) is 0 Å². The monoisotopic (exact) mass is 310 g/mol. The fourth-order valence-corrected chi connectivity index (χ4v) is 2.49. The number of alkyl halides is 1. The molecule has 0 unspecified atom stereocenters. The van der Waals surface area contributed by atoms with Gasteiger partial charge in [-0.25, -0.2) is 4.39 Å². The van der Waals surface area contributed by atoms with Crippen LogP contribution in [0.15, 0.2) is 18.2 Å².